The summed E-state index contributed by atoms with van der Waals surface area (Å²) in [6, 6.07) is 12.2. The molecule has 0 aliphatic carbocycles. The highest BCUT2D eigenvalue weighted by molar-refractivity contribution is 6.58. The molecule has 0 saturated heterocycles. The fraction of sp³-hybridized carbons (Fsp3) is 0.190. The average Bonchev–Trinajstić information content (AvgIpc) is 2.78. The van der Waals surface area contributed by atoms with Gasteiger partial charge < -0.3 is 31.1 Å². The molecule has 1 amide bonds. The van der Waals surface area contributed by atoms with E-state index in [4.69, 9.17) is 5.73 Å². The fourth-order valence-electron chi connectivity index (χ4n) is 3.35. The number of rotatable bonds is 9. The van der Waals surface area contributed by atoms with Crippen LogP contribution in [0, 0.1) is 0 Å². The van der Waals surface area contributed by atoms with Crippen LogP contribution in [-0.4, -0.2) is 53.3 Å². The predicted octanol–water partition coefficient (Wildman–Crippen LogP) is -3.59. The van der Waals surface area contributed by atoms with Gasteiger partial charge in [0.05, 0.1) is 0 Å². The van der Waals surface area contributed by atoms with E-state index >= 15 is 0 Å². The van der Waals surface area contributed by atoms with Gasteiger partial charge >= 0.3 is 14.2 Å². The maximum absolute atomic E-state index is 12.8. The van der Waals surface area contributed by atoms with Crippen LogP contribution in [0.2, 0.25) is 0 Å². The van der Waals surface area contributed by atoms with E-state index in [0.29, 0.717) is 42.7 Å². The Morgan fingerprint density at radius 3 is 2.06 bits per heavy atom. The van der Waals surface area contributed by atoms with E-state index in [9.17, 15) is 24.9 Å². The molecule has 0 unspecified atom stereocenters. The van der Waals surface area contributed by atoms with Crippen molar-refractivity contribution in [3.05, 3.63) is 83.9 Å². The summed E-state index contributed by atoms with van der Waals surface area (Å²) in [5.41, 5.74) is 8.33. The smallest absolute Gasteiger partial charge is 0.423 e. The molecule has 0 aliphatic rings. The Bertz CT molecular complexity index is 1080. The molecule has 0 radical (unpaired) electrons. The molecular weight excluding hydrogens is 410 g/mol. The first-order chi connectivity index (χ1) is 15.4. The number of pyridine rings is 2. The maximum atomic E-state index is 12.8. The number of carbonyl (C=O) groups is 1. The van der Waals surface area contributed by atoms with Gasteiger partial charge in [0, 0.05) is 52.8 Å². The second-order valence-electron chi connectivity index (χ2n) is 7.40. The fourth-order valence-corrected chi connectivity index (χ4v) is 3.35. The van der Waals surface area contributed by atoms with Gasteiger partial charge in [-0.3, -0.25) is 4.79 Å². The van der Waals surface area contributed by atoms with Gasteiger partial charge in [-0.25, -0.2) is 9.13 Å². The number of nitrogens with two attached hydrogens (primary N) is 1. The molecule has 0 fully saturated rings. The van der Waals surface area contributed by atoms with Crippen molar-refractivity contribution in [2.75, 3.05) is 13.1 Å². The lowest BCUT2D eigenvalue weighted by atomic mass is 9.82. The normalized spacial score (nSPS) is 10.7. The zero-order valence-corrected chi connectivity index (χ0v) is 17.5. The molecule has 0 bridgehead atoms. The van der Waals surface area contributed by atoms with Crippen molar-refractivity contribution in [1.29, 1.82) is 0 Å². The summed E-state index contributed by atoms with van der Waals surface area (Å²) >= 11 is 0. The third-order valence-electron chi connectivity index (χ3n) is 4.93. The molecule has 1 aromatic carbocycles. The molecule has 2 aromatic heterocycles. The third kappa shape index (κ3) is 6.22. The predicted molar refractivity (Wildman–Crippen MR) is 119 cm³/mol. The first-order valence-electron chi connectivity index (χ1n) is 10.2. The van der Waals surface area contributed by atoms with Crippen molar-refractivity contribution in [2.45, 2.75) is 13.1 Å². The first-order valence-corrected chi connectivity index (χ1v) is 10.2. The summed E-state index contributed by atoms with van der Waals surface area (Å²) in [6.45, 7) is 1.44. The van der Waals surface area contributed by atoms with E-state index in [0.717, 1.165) is 11.1 Å². The quantitative estimate of drug-likeness (QED) is 0.151. The highest BCUT2D eigenvalue weighted by Crippen LogP contribution is 2.13. The summed E-state index contributed by atoms with van der Waals surface area (Å²) in [5, 5.41) is 40.4. The van der Waals surface area contributed by atoms with E-state index in [-0.39, 0.29) is 5.91 Å². The Kier molecular flexibility index (Phi) is 8.09. The number of hydrogen-bond acceptors (Lipinski definition) is 6. The molecule has 7 N–H and O–H groups in total. The van der Waals surface area contributed by atoms with E-state index < -0.39 is 14.2 Å². The van der Waals surface area contributed by atoms with Crippen molar-refractivity contribution in [3.8, 4) is 0 Å². The van der Waals surface area contributed by atoms with Crippen molar-refractivity contribution >= 4 is 31.1 Å². The molecule has 3 rings (SSSR count). The molecule has 0 atom stereocenters. The van der Waals surface area contributed by atoms with Crippen LogP contribution in [-0.2, 0) is 13.1 Å². The van der Waals surface area contributed by atoms with E-state index in [1.165, 1.54) is 0 Å². The number of nitrogens with zero attached hydrogens (tertiary/aromatic N) is 2. The summed E-state index contributed by atoms with van der Waals surface area (Å²) < 4.78 is 3.57. The van der Waals surface area contributed by atoms with Gasteiger partial charge in [0.15, 0.2) is 37.9 Å². The Hall–Kier alpha value is -3.08. The first kappa shape index (κ1) is 23.6. The topological polar surface area (TPSA) is 144 Å². The Balaban J connectivity index is 1.91. The maximum Gasteiger partial charge on any atom is 0.494 e. The lowest BCUT2D eigenvalue weighted by Gasteiger charge is -2.10. The molecule has 9 nitrogen and oxygen atoms in total. The molecule has 164 valence electrons. The molecular formula is C21H26B2N4O5+2. The van der Waals surface area contributed by atoms with Gasteiger partial charge in [0.2, 0.25) is 0 Å². The largest absolute Gasteiger partial charge is 0.494 e. The van der Waals surface area contributed by atoms with Gasteiger partial charge in [0.1, 0.15) is 0 Å². The van der Waals surface area contributed by atoms with E-state index in [1.54, 1.807) is 64.3 Å². The summed E-state index contributed by atoms with van der Waals surface area (Å²) in [4.78, 5) is 12.8. The van der Waals surface area contributed by atoms with Crippen LogP contribution in [0.15, 0.2) is 67.3 Å². The molecule has 11 heteroatoms. The van der Waals surface area contributed by atoms with Crippen LogP contribution in [0.1, 0.15) is 21.5 Å². The van der Waals surface area contributed by atoms with Gasteiger partial charge in [0.25, 0.3) is 5.91 Å². The van der Waals surface area contributed by atoms with Crippen molar-refractivity contribution in [3.63, 3.8) is 0 Å². The van der Waals surface area contributed by atoms with Gasteiger partial charge in [-0.2, -0.15) is 0 Å². The number of amides is 1. The number of benzene rings is 1. The number of aromatic nitrogens is 2. The molecule has 0 aliphatic heterocycles. The minimum absolute atomic E-state index is 0.254. The highest BCUT2D eigenvalue weighted by Gasteiger charge is 2.20. The number of carbonyl (C=O) groups excluding carboxylic acids is 1. The summed E-state index contributed by atoms with van der Waals surface area (Å²) in [7, 11) is -3.14. The second kappa shape index (κ2) is 11.0. The van der Waals surface area contributed by atoms with Crippen molar-refractivity contribution in [2.24, 2.45) is 5.73 Å². The van der Waals surface area contributed by atoms with Crippen LogP contribution in [0.3, 0.4) is 0 Å². The molecule has 2 heterocycles. The van der Waals surface area contributed by atoms with E-state index in [2.05, 4.69) is 5.32 Å². The van der Waals surface area contributed by atoms with Crippen LogP contribution >= 0.6 is 0 Å². The zero-order chi connectivity index (χ0) is 23.1. The van der Waals surface area contributed by atoms with Gasteiger partial charge in [-0.1, -0.05) is 24.3 Å². The number of hydrogen-bond donors (Lipinski definition) is 6. The minimum atomic E-state index is -1.58. The lowest BCUT2D eigenvalue weighted by Crippen LogP contribution is -2.43. The zero-order valence-electron chi connectivity index (χ0n) is 17.5. The molecule has 32 heavy (non-hydrogen) atoms. The average molecular weight is 436 g/mol. The molecule has 3 aromatic rings. The Labute approximate surface area is 186 Å². The van der Waals surface area contributed by atoms with Crippen molar-refractivity contribution < 1.29 is 34.0 Å². The lowest BCUT2D eigenvalue weighted by molar-refractivity contribution is -0.688. The van der Waals surface area contributed by atoms with Gasteiger partial charge in [-0.15, -0.1) is 0 Å². The monoisotopic (exact) mass is 436 g/mol. The SMILES string of the molecule is NCCNC(=O)c1cc(C[n+]2cccc(B(O)O)c2)ccc1C[n+]1cccc(B(O)O)c1. The third-order valence-corrected chi connectivity index (χ3v) is 4.93. The van der Waals surface area contributed by atoms with Crippen LogP contribution in [0.25, 0.3) is 0 Å². The Morgan fingerprint density at radius 2 is 1.50 bits per heavy atom. The molecule has 0 spiro atoms. The second-order valence-corrected chi connectivity index (χ2v) is 7.40. The van der Waals surface area contributed by atoms with Crippen LogP contribution in [0.4, 0.5) is 0 Å². The van der Waals surface area contributed by atoms with Crippen molar-refractivity contribution in [1.82, 2.24) is 5.32 Å². The standard InChI is InChI=1S/C21H25B2N4O5/c24-7-8-25-21(28)20-11-16(12-26-9-1-3-18(14-26)22(29)30)5-6-17(20)13-27-10-2-4-19(15-27)23(31)32/h1-6,9-11,14-15,29-32H,7-8,12-13,24H2/q+1/p+1. The number of nitrogens with one attached hydrogen (secondary N) is 1. The van der Waals surface area contributed by atoms with Crippen LogP contribution < -0.4 is 31.1 Å². The summed E-state index contributed by atoms with van der Waals surface area (Å²) in [6.07, 6.45) is 6.83. The van der Waals surface area contributed by atoms with E-state index in [1.807, 2.05) is 12.1 Å². The molecule has 0 saturated carbocycles. The highest BCUT2D eigenvalue weighted by atomic mass is 16.4. The van der Waals surface area contributed by atoms with Crippen LogP contribution in [0.5, 0.6) is 0 Å². The van der Waals surface area contributed by atoms with Gasteiger partial charge in [-0.05, 0) is 6.07 Å². The Morgan fingerprint density at radius 1 is 0.906 bits per heavy atom. The summed E-state index contributed by atoms with van der Waals surface area (Å²) in [5.74, 6) is -0.254. The minimum Gasteiger partial charge on any atom is -0.423 e.